The Kier molecular flexibility index (Phi) is 5.63. The van der Waals surface area contributed by atoms with E-state index in [4.69, 9.17) is 10.3 Å². The normalized spacial score (nSPS) is 24.5. The number of nitrogens with one attached hydrogen (secondary N) is 2. The van der Waals surface area contributed by atoms with Crippen molar-refractivity contribution in [3.63, 3.8) is 0 Å². The molecular formula is C16H22N8O4. The molecule has 0 aromatic carbocycles. The van der Waals surface area contributed by atoms with Gasteiger partial charge in [0.05, 0.1) is 18.5 Å². The number of carbonyl (C=O) groups is 1. The predicted octanol–water partition coefficient (Wildman–Crippen LogP) is 1.31. The number of nitrogens with zero attached hydrogens (tertiary/aromatic N) is 6. The number of hydrogen-bond donors (Lipinski definition) is 3. The highest BCUT2D eigenvalue weighted by Gasteiger charge is 2.44. The van der Waals surface area contributed by atoms with E-state index in [-0.39, 0.29) is 41.6 Å². The molecule has 4 unspecified atom stereocenters. The molecule has 28 heavy (non-hydrogen) atoms. The Morgan fingerprint density at radius 2 is 2.32 bits per heavy atom. The Morgan fingerprint density at radius 1 is 1.57 bits per heavy atom. The van der Waals surface area contributed by atoms with E-state index in [1.54, 1.807) is 13.8 Å². The van der Waals surface area contributed by atoms with Crippen LogP contribution in [0.2, 0.25) is 0 Å². The number of rotatable bonds is 6. The molecule has 4 atom stereocenters. The quantitative estimate of drug-likeness (QED) is 0.381. The summed E-state index contributed by atoms with van der Waals surface area (Å²) in [5, 5.41) is 16.1. The summed E-state index contributed by atoms with van der Waals surface area (Å²) < 4.78 is 7.48. The molecule has 2 aromatic rings. The molecule has 2 aromatic heterocycles. The van der Waals surface area contributed by atoms with Gasteiger partial charge in [0.2, 0.25) is 11.9 Å². The van der Waals surface area contributed by atoms with Gasteiger partial charge < -0.3 is 9.84 Å². The number of aromatic nitrogens is 4. The summed E-state index contributed by atoms with van der Waals surface area (Å²) >= 11 is 0. The van der Waals surface area contributed by atoms with Crippen LogP contribution in [0.15, 0.2) is 16.2 Å². The number of imidazole rings is 1. The zero-order valence-corrected chi connectivity index (χ0v) is 15.7. The molecule has 1 fully saturated rings. The largest absolute Gasteiger partial charge is 0.396 e. The number of ether oxygens (including phenoxy) is 1. The molecule has 0 radical (unpaired) electrons. The molecule has 0 bridgehead atoms. The lowest BCUT2D eigenvalue weighted by atomic mass is 9.95. The van der Waals surface area contributed by atoms with Crippen molar-refractivity contribution in [1.29, 1.82) is 0 Å². The molecule has 3 rings (SSSR count). The maximum atomic E-state index is 12.3. The summed E-state index contributed by atoms with van der Waals surface area (Å²) in [6.07, 6.45) is 0.865. The number of aromatic amines is 1. The van der Waals surface area contributed by atoms with Crippen LogP contribution < -0.4 is 10.9 Å². The first kappa shape index (κ1) is 19.8. The zero-order valence-electron chi connectivity index (χ0n) is 15.7. The van der Waals surface area contributed by atoms with Crippen LogP contribution >= 0.6 is 0 Å². The zero-order chi connectivity index (χ0) is 20.4. The van der Waals surface area contributed by atoms with Crippen LogP contribution in [-0.4, -0.2) is 49.3 Å². The second-order valence-corrected chi connectivity index (χ2v) is 6.90. The van der Waals surface area contributed by atoms with E-state index < -0.39 is 23.7 Å². The Morgan fingerprint density at radius 3 is 2.93 bits per heavy atom. The average Bonchev–Trinajstić information content (AvgIpc) is 3.23. The number of anilines is 1. The third kappa shape index (κ3) is 3.44. The van der Waals surface area contributed by atoms with Gasteiger partial charge in [-0.25, -0.2) is 4.98 Å². The summed E-state index contributed by atoms with van der Waals surface area (Å²) in [6.45, 7) is 5.12. The third-order valence-corrected chi connectivity index (χ3v) is 4.79. The van der Waals surface area contributed by atoms with Crippen molar-refractivity contribution in [2.24, 2.45) is 17.0 Å². The summed E-state index contributed by atoms with van der Waals surface area (Å²) in [6, 6.07) is -0.702. The van der Waals surface area contributed by atoms with Gasteiger partial charge in [0.1, 0.15) is 6.23 Å². The minimum Gasteiger partial charge on any atom is -0.396 e. The minimum absolute atomic E-state index is 0.0120. The monoisotopic (exact) mass is 390 g/mol. The van der Waals surface area contributed by atoms with Gasteiger partial charge in [0.15, 0.2) is 11.2 Å². The van der Waals surface area contributed by atoms with Gasteiger partial charge in [-0.15, -0.1) is 0 Å². The molecule has 0 saturated carbocycles. The molecule has 12 nitrogen and oxygen atoms in total. The van der Waals surface area contributed by atoms with Gasteiger partial charge in [0.25, 0.3) is 5.56 Å². The van der Waals surface area contributed by atoms with Crippen LogP contribution in [-0.2, 0) is 9.53 Å². The van der Waals surface area contributed by atoms with Crippen LogP contribution in [0.3, 0.4) is 0 Å². The predicted molar refractivity (Wildman–Crippen MR) is 99.3 cm³/mol. The minimum atomic E-state index is -0.786. The first-order chi connectivity index (χ1) is 13.4. The van der Waals surface area contributed by atoms with Gasteiger partial charge >= 0.3 is 0 Å². The van der Waals surface area contributed by atoms with Gasteiger partial charge in [-0.2, -0.15) is 4.98 Å². The fraction of sp³-hybridized carbons (Fsp3) is 0.625. The van der Waals surface area contributed by atoms with E-state index in [2.05, 4.69) is 30.3 Å². The fourth-order valence-electron chi connectivity index (χ4n) is 3.28. The van der Waals surface area contributed by atoms with E-state index in [1.165, 1.54) is 10.9 Å². The number of H-pyrrole nitrogens is 1. The van der Waals surface area contributed by atoms with Gasteiger partial charge in [-0.05, 0) is 12.0 Å². The molecule has 0 spiro atoms. The molecule has 150 valence electrons. The maximum absolute atomic E-state index is 12.3. The number of hydrogen-bond acceptors (Lipinski definition) is 7. The average molecular weight is 390 g/mol. The molecule has 1 saturated heterocycles. The van der Waals surface area contributed by atoms with Gasteiger partial charge in [0, 0.05) is 23.4 Å². The molecule has 1 aliphatic rings. The lowest BCUT2D eigenvalue weighted by Crippen LogP contribution is -2.27. The number of fused-ring (bicyclic) bond motifs is 1. The summed E-state index contributed by atoms with van der Waals surface area (Å²) in [7, 11) is 0. The van der Waals surface area contributed by atoms with E-state index in [0.717, 1.165) is 0 Å². The molecule has 12 heteroatoms. The van der Waals surface area contributed by atoms with Crippen LogP contribution in [0.5, 0.6) is 0 Å². The molecule has 1 aliphatic heterocycles. The molecule has 3 N–H and O–H groups in total. The Balaban J connectivity index is 2.07. The van der Waals surface area contributed by atoms with Crippen LogP contribution in [0.1, 0.15) is 33.4 Å². The molecular weight excluding hydrogens is 368 g/mol. The number of aliphatic hydroxyl groups is 1. The standard InChI is InChI=1S/C16H22N8O4/c1-4-9-8(5-25)10(22-23-17)15(28-9)24-6-18-11-12(24)19-16(21-14(11)27)20-13(26)7(2)3/h6-10,15,25H,4-5H2,1-3H3,(H2,19,20,21,26,27). The van der Waals surface area contributed by atoms with E-state index in [0.29, 0.717) is 6.42 Å². The Labute approximate surface area is 159 Å². The molecule has 1 amide bonds. The number of azide groups is 1. The van der Waals surface area contributed by atoms with Crippen molar-refractivity contribution in [3.8, 4) is 0 Å². The lowest BCUT2D eigenvalue weighted by Gasteiger charge is -2.18. The van der Waals surface area contributed by atoms with Crippen molar-refractivity contribution in [2.75, 3.05) is 11.9 Å². The summed E-state index contributed by atoms with van der Waals surface area (Å²) in [5.74, 6) is -1.01. The highest BCUT2D eigenvalue weighted by molar-refractivity contribution is 5.91. The maximum Gasteiger partial charge on any atom is 0.280 e. The van der Waals surface area contributed by atoms with Crippen LogP contribution in [0.4, 0.5) is 5.95 Å². The van der Waals surface area contributed by atoms with E-state index in [9.17, 15) is 14.7 Å². The third-order valence-electron chi connectivity index (χ3n) is 4.79. The highest BCUT2D eigenvalue weighted by atomic mass is 16.5. The Bertz CT molecular complexity index is 977. The first-order valence-corrected chi connectivity index (χ1v) is 8.99. The van der Waals surface area contributed by atoms with Crippen molar-refractivity contribution in [1.82, 2.24) is 19.5 Å². The highest BCUT2D eigenvalue weighted by Crippen LogP contribution is 2.38. The van der Waals surface area contributed by atoms with Crippen molar-refractivity contribution >= 4 is 23.0 Å². The fourth-order valence-corrected chi connectivity index (χ4v) is 3.28. The van der Waals surface area contributed by atoms with Gasteiger partial charge in [-0.1, -0.05) is 25.9 Å². The SMILES string of the molecule is CCC1OC(n2cnc3c(=O)[nH]c(NC(=O)C(C)C)nc32)C(N=[N+]=[N-])C1CO. The Hall–Kier alpha value is -2.95. The summed E-state index contributed by atoms with van der Waals surface area (Å²) in [5.41, 5.74) is 8.66. The molecule has 3 heterocycles. The number of carbonyl (C=O) groups excluding carboxylic acids is 1. The summed E-state index contributed by atoms with van der Waals surface area (Å²) in [4.78, 5) is 38.0. The van der Waals surface area contributed by atoms with Gasteiger partial charge in [-0.3, -0.25) is 24.5 Å². The van der Waals surface area contributed by atoms with E-state index >= 15 is 0 Å². The smallest absolute Gasteiger partial charge is 0.280 e. The number of aliphatic hydroxyl groups excluding tert-OH is 1. The second kappa shape index (κ2) is 7.97. The van der Waals surface area contributed by atoms with Crippen LogP contribution in [0, 0.1) is 11.8 Å². The second-order valence-electron chi connectivity index (χ2n) is 6.90. The molecule has 0 aliphatic carbocycles. The topological polar surface area (TPSA) is 171 Å². The van der Waals surface area contributed by atoms with Crippen molar-refractivity contribution in [3.05, 3.63) is 27.1 Å². The number of amides is 1. The van der Waals surface area contributed by atoms with Crippen LogP contribution in [0.25, 0.3) is 21.6 Å². The van der Waals surface area contributed by atoms with Crippen molar-refractivity contribution < 1.29 is 14.6 Å². The van der Waals surface area contributed by atoms with E-state index in [1.807, 2.05) is 6.92 Å². The lowest BCUT2D eigenvalue weighted by molar-refractivity contribution is -0.118. The first-order valence-electron chi connectivity index (χ1n) is 8.99. The van der Waals surface area contributed by atoms with Crippen molar-refractivity contribution in [2.45, 2.75) is 45.6 Å².